The van der Waals surface area contributed by atoms with Gasteiger partial charge in [0.25, 0.3) is 0 Å². The van der Waals surface area contributed by atoms with Gasteiger partial charge in [0.05, 0.1) is 0 Å². The highest BCUT2D eigenvalue weighted by molar-refractivity contribution is 5.53. The minimum Gasteiger partial charge on any atom is -0.492 e. The predicted molar refractivity (Wildman–Crippen MR) is 127 cm³/mol. The standard InChI is InChI=1S/C27H36N2O3/c1-3-11-28(12-4-1)15-17-30-24-7-9-26-22(20-24)19-23-21-25(8-10-27(23)32-26)31-18-16-29-13-5-2-6-14-29/h7-10,20-21H,1-6,11-19H2. The molecule has 0 aromatic heterocycles. The first kappa shape index (κ1) is 21.6. The van der Waals surface area contributed by atoms with Gasteiger partial charge in [-0.25, -0.2) is 0 Å². The first-order valence-corrected chi connectivity index (χ1v) is 12.5. The first-order chi connectivity index (χ1) is 15.8. The lowest BCUT2D eigenvalue weighted by Crippen LogP contribution is -2.33. The minimum atomic E-state index is 0.741. The lowest BCUT2D eigenvalue weighted by Gasteiger charge is -2.26. The fourth-order valence-corrected chi connectivity index (χ4v) is 5.04. The van der Waals surface area contributed by atoms with E-state index in [4.69, 9.17) is 14.2 Å². The maximum absolute atomic E-state index is 6.16. The van der Waals surface area contributed by atoms with E-state index in [9.17, 15) is 0 Å². The zero-order chi connectivity index (χ0) is 21.6. The van der Waals surface area contributed by atoms with Gasteiger partial charge in [0.2, 0.25) is 0 Å². The molecule has 2 aromatic carbocycles. The molecule has 3 heterocycles. The van der Waals surface area contributed by atoms with E-state index < -0.39 is 0 Å². The predicted octanol–water partition coefficient (Wildman–Crippen LogP) is 5.11. The van der Waals surface area contributed by atoms with Crippen molar-refractivity contribution in [2.45, 2.75) is 44.9 Å². The molecule has 0 amide bonds. The van der Waals surface area contributed by atoms with Crippen molar-refractivity contribution in [3.63, 3.8) is 0 Å². The van der Waals surface area contributed by atoms with Crippen LogP contribution >= 0.6 is 0 Å². The average molecular weight is 437 g/mol. The molecule has 172 valence electrons. The Morgan fingerprint density at radius 3 is 1.56 bits per heavy atom. The van der Waals surface area contributed by atoms with Crippen molar-refractivity contribution in [2.24, 2.45) is 0 Å². The molecular formula is C27H36N2O3. The van der Waals surface area contributed by atoms with E-state index in [1.165, 1.54) is 75.8 Å². The third-order valence-corrected chi connectivity index (χ3v) is 6.91. The summed E-state index contributed by atoms with van der Waals surface area (Å²) in [7, 11) is 0. The summed E-state index contributed by atoms with van der Waals surface area (Å²) in [5.74, 6) is 3.72. The highest BCUT2D eigenvalue weighted by Crippen LogP contribution is 2.39. The van der Waals surface area contributed by atoms with Gasteiger partial charge in [-0.3, -0.25) is 9.80 Å². The van der Waals surface area contributed by atoms with Crippen molar-refractivity contribution in [1.29, 1.82) is 0 Å². The normalized spacial score (nSPS) is 19.0. The third kappa shape index (κ3) is 5.57. The Morgan fingerprint density at radius 2 is 1.09 bits per heavy atom. The second-order valence-electron chi connectivity index (χ2n) is 9.32. The summed E-state index contributed by atoms with van der Waals surface area (Å²) in [6.45, 7) is 8.34. The largest absolute Gasteiger partial charge is 0.492 e. The lowest BCUT2D eigenvalue weighted by atomic mass is 10.00. The van der Waals surface area contributed by atoms with Crippen molar-refractivity contribution < 1.29 is 14.2 Å². The Bertz CT molecular complexity index is 817. The Kier molecular flexibility index (Phi) is 7.14. The molecular weight excluding hydrogens is 400 g/mol. The van der Waals surface area contributed by atoms with Gasteiger partial charge in [0.15, 0.2) is 0 Å². The molecule has 2 aromatic rings. The van der Waals surface area contributed by atoms with Crippen LogP contribution in [-0.4, -0.2) is 62.3 Å². The quantitative estimate of drug-likeness (QED) is 0.490. The van der Waals surface area contributed by atoms with Gasteiger partial charge < -0.3 is 14.2 Å². The second kappa shape index (κ2) is 10.6. The van der Waals surface area contributed by atoms with Crippen molar-refractivity contribution in [3.8, 4) is 23.0 Å². The van der Waals surface area contributed by atoms with Gasteiger partial charge in [0.1, 0.15) is 36.2 Å². The molecule has 0 spiro atoms. The summed E-state index contributed by atoms with van der Waals surface area (Å²) in [4.78, 5) is 5.02. The molecule has 5 rings (SSSR count). The molecule has 0 unspecified atom stereocenters. The fourth-order valence-electron chi connectivity index (χ4n) is 5.04. The molecule has 0 atom stereocenters. The number of hydrogen-bond donors (Lipinski definition) is 0. The van der Waals surface area contributed by atoms with Crippen LogP contribution in [0.3, 0.4) is 0 Å². The zero-order valence-corrected chi connectivity index (χ0v) is 19.2. The van der Waals surface area contributed by atoms with Gasteiger partial charge in [-0.1, -0.05) is 12.8 Å². The van der Waals surface area contributed by atoms with E-state index in [0.717, 1.165) is 55.7 Å². The molecule has 32 heavy (non-hydrogen) atoms. The number of likely N-dealkylation sites (tertiary alicyclic amines) is 2. The molecule has 3 aliphatic rings. The number of piperidine rings is 2. The van der Waals surface area contributed by atoms with Gasteiger partial charge in [0, 0.05) is 30.6 Å². The number of benzene rings is 2. The van der Waals surface area contributed by atoms with Crippen LogP contribution < -0.4 is 14.2 Å². The summed E-state index contributed by atoms with van der Waals surface area (Å²) in [6.07, 6.45) is 8.86. The van der Waals surface area contributed by atoms with Crippen molar-refractivity contribution >= 4 is 0 Å². The maximum atomic E-state index is 6.16. The van der Waals surface area contributed by atoms with Crippen molar-refractivity contribution in [3.05, 3.63) is 47.5 Å². The molecule has 0 saturated carbocycles. The topological polar surface area (TPSA) is 34.2 Å². The van der Waals surface area contributed by atoms with E-state index in [1.807, 2.05) is 24.3 Å². The third-order valence-electron chi connectivity index (χ3n) is 6.91. The molecule has 0 N–H and O–H groups in total. The Labute approximate surface area is 192 Å². The minimum absolute atomic E-state index is 0.741. The SMILES string of the molecule is c1cc2c(cc1OCCN1CCCCC1)Cc1cc(OCCN3CCCCC3)ccc1O2. The Morgan fingerprint density at radius 1 is 0.625 bits per heavy atom. The van der Waals surface area contributed by atoms with Crippen LogP contribution in [0, 0.1) is 0 Å². The Balaban J connectivity index is 1.15. The molecule has 5 nitrogen and oxygen atoms in total. The van der Waals surface area contributed by atoms with Crippen molar-refractivity contribution in [1.82, 2.24) is 9.80 Å². The van der Waals surface area contributed by atoms with E-state index in [1.54, 1.807) is 0 Å². The van der Waals surface area contributed by atoms with E-state index in [2.05, 4.69) is 21.9 Å². The molecule has 0 radical (unpaired) electrons. The smallest absolute Gasteiger partial charge is 0.131 e. The number of ether oxygens (including phenoxy) is 3. The summed E-state index contributed by atoms with van der Waals surface area (Å²) >= 11 is 0. The highest BCUT2D eigenvalue weighted by Gasteiger charge is 2.19. The fraction of sp³-hybridized carbons (Fsp3) is 0.556. The van der Waals surface area contributed by atoms with E-state index in [-0.39, 0.29) is 0 Å². The molecule has 2 saturated heterocycles. The summed E-state index contributed by atoms with van der Waals surface area (Å²) in [5, 5.41) is 0. The molecule has 0 aliphatic carbocycles. The van der Waals surface area contributed by atoms with Gasteiger partial charge in [-0.05, 0) is 88.3 Å². The summed E-state index contributed by atoms with van der Waals surface area (Å²) in [6, 6.07) is 12.4. The van der Waals surface area contributed by atoms with Crippen LogP contribution in [0.2, 0.25) is 0 Å². The maximum Gasteiger partial charge on any atom is 0.131 e. The summed E-state index contributed by atoms with van der Waals surface area (Å²) < 4.78 is 18.3. The van der Waals surface area contributed by atoms with Gasteiger partial charge >= 0.3 is 0 Å². The number of fused-ring (bicyclic) bond motifs is 2. The van der Waals surface area contributed by atoms with Crippen molar-refractivity contribution in [2.75, 3.05) is 52.5 Å². The highest BCUT2D eigenvalue weighted by atomic mass is 16.5. The van der Waals surface area contributed by atoms with Crippen LogP contribution in [0.25, 0.3) is 0 Å². The number of nitrogens with zero attached hydrogens (tertiary/aromatic N) is 2. The monoisotopic (exact) mass is 436 g/mol. The van der Waals surface area contributed by atoms with Crippen LogP contribution in [-0.2, 0) is 6.42 Å². The number of hydrogen-bond acceptors (Lipinski definition) is 5. The summed E-state index contributed by atoms with van der Waals surface area (Å²) in [5.41, 5.74) is 2.36. The lowest BCUT2D eigenvalue weighted by molar-refractivity contribution is 0.183. The molecule has 5 heteroatoms. The first-order valence-electron chi connectivity index (χ1n) is 12.5. The van der Waals surface area contributed by atoms with E-state index >= 15 is 0 Å². The molecule has 0 bridgehead atoms. The zero-order valence-electron chi connectivity index (χ0n) is 19.2. The average Bonchev–Trinajstić information content (AvgIpc) is 2.84. The van der Waals surface area contributed by atoms with E-state index in [0.29, 0.717) is 0 Å². The van der Waals surface area contributed by atoms with Gasteiger partial charge in [-0.15, -0.1) is 0 Å². The van der Waals surface area contributed by atoms with Crippen LogP contribution in [0.5, 0.6) is 23.0 Å². The van der Waals surface area contributed by atoms with Crippen LogP contribution in [0.1, 0.15) is 49.7 Å². The van der Waals surface area contributed by atoms with Gasteiger partial charge in [-0.2, -0.15) is 0 Å². The molecule has 2 fully saturated rings. The van der Waals surface area contributed by atoms with Crippen LogP contribution in [0.4, 0.5) is 0 Å². The second-order valence-corrected chi connectivity index (χ2v) is 9.32. The van der Waals surface area contributed by atoms with Crippen LogP contribution in [0.15, 0.2) is 36.4 Å². The number of rotatable bonds is 8. The Hall–Kier alpha value is -2.24. The molecule has 3 aliphatic heterocycles.